The summed E-state index contributed by atoms with van der Waals surface area (Å²) in [5.74, 6) is 4.61. The minimum Gasteiger partial charge on any atom is -0.309 e. The van der Waals surface area contributed by atoms with E-state index in [1.54, 1.807) is 0 Å². The number of fused-ring (bicyclic) bond motifs is 10. The van der Waals surface area contributed by atoms with E-state index in [1.165, 1.54) is 189 Å². The third-order valence-corrected chi connectivity index (χ3v) is 29.1. The van der Waals surface area contributed by atoms with Crippen molar-refractivity contribution in [1.82, 2.24) is 53.6 Å². The maximum atomic E-state index is 5.34. The van der Waals surface area contributed by atoms with Gasteiger partial charge in [-0.15, -0.1) is 0 Å². The zero-order valence-electron chi connectivity index (χ0n) is 74.6. The van der Waals surface area contributed by atoms with Crippen molar-refractivity contribution in [2.75, 3.05) is 0 Å². The molecule has 0 radical (unpaired) electrons. The van der Waals surface area contributed by atoms with E-state index in [9.17, 15) is 0 Å². The van der Waals surface area contributed by atoms with Gasteiger partial charge >= 0.3 is 0 Å². The first-order valence-electron chi connectivity index (χ1n) is 47.3. The predicted molar refractivity (Wildman–Crippen MR) is 577 cm³/mol. The summed E-state index contributed by atoms with van der Waals surface area (Å²) in [7, 11) is 0. The van der Waals surface area contributed by atoms with Gasteiger partial charge in [-0.05, 0) is 176 Å². The number of rotatable bonds is 10. The second-order valence-electron chi connectivity index (χ2n) is 36.6. The Labute approximate surface area is 793 Å². The molecule has 6 aromatic heterocycles. The van der Waals surface area contributed by atoms with Gasteiger partial charge in [0.2, 0.25) is 5.95 Å². The summed E-state index contributed by atoms with van der Waals surface area (Å²) in [6.07, 6.45) is 0. The Morgan fingerprint density at radius 1 is 0.144 bits per heavy atom. The smallest absolute Gasteiger partial charge is 0.235 e. The fraction of sp³-hybridized carbons (Fsp3) is 0. The highest BCUT2D eigenvalue weighted by molar-refractivity contribution is 6.46. The van der Waals surface area contributed by atoms with E-state index in [1.807, 2.05) is 127 Å². The Morgan fingerprint density at radius 3 is 0.835 bits per heavy atom. The number of benzene rings is 26. The quantitative estimate of drug-likeness (QED) is 0.0981. The second-order valence-corrected chi connectivity index (χ2v) is 36.6. The van der Waals surface area contributed by atoms with Crippen LogP contribution in [0.25, 0.3) is 302 Å². The van der Waals surface area contributed by atoms with Crippen LogP contribution < -0.4 is 0 Å². The molecule has 0 saturated carbocycles. The summed E-state index contributed by atoms with van der Waals surface area (Å²) in [6, 6.07) is 158. The fourth-order valence-electron chi connectivity index (χ4n) is 23.1. The number of aromatic nitrogens is 11. The van der Waals surface area contributed by atoms with Gasteiger partial charge in [-0.25, -0.2) is 39.9 Å². The van der Waals surface area contributed by atoms with E-state index in [4.69, 9.17) is 39.9 Å². The van der Waals surface area contributed by atoms with Crippen molar-refractivity contribution in [1.29, 1.82) is 0 Å². The van der Waals surface area contributed by atoms with Crippen molar-refractivity contribution in [3.63, 3.8) is 0 Å². The molecule has 139 heavy (non-hydrogen) atoms. The summed E-state index contributed by atoms with van der Waals surface area (Å²) in [5, 5.41) is 39.8. The molecule has 11 heteroatoms. The number of hydrogen-bond acceptors (Lipinski definition) is 8. The van der Waals surface area contributed by atoms with Gasteiger partial charge < -0.3 is 9.13 Å². The summed E-state index contributed by atoms with van der Waals surface area (Å²) in [6.45, 7) is 0. The third-order valence-electron chi connectivity index (χ3n) is 29.1. The number of para-hydroxylation sites is 1. The van der Waals surface area contributed by atoms with Crippen LogP contribution in [0.15, 0.2) is 443 Å². The molecule has 0 atom stereocenters. The van der Waals surface area contributed by atoms with Crippen LogP contribution in [0.5, 0.6) is 0 Å². The molecule has 32 rings (SSSR count). The van der Waals surface area contributed by atoms with E-state index in [0.717, 1.165) is 72.4 Å². The molecule has 0 aliphatic heterocycles. The average Bonchev–Trinajstić information content (AvgIpc) is 1.45. The molecule has 0 N–H and O–H groups in total. The average molecular weight is 1770 g/mol. The minimum absolute atomic E-state index is 0.643. The van der Waals surface area contributed by atoms with Gasteiger partial charge in [0.05, 0.1) is 44.3 Å². The molecule has 0 saturated heterocycles. The van der Waals surface area contributed by atoms with Crippen molar-refractivity contribution in [2.45, 2.75) is 0 Å². The Morgan fingerprint density at radius 2 is 0.432 bits per heavy atom. The van der Waals surface area contributed by atoms with Gasteiger partial charge in [-0.3, -0.25) is 4.57 Å². The van der Waals surface area contributed by atoms with E-state index in [0.29, 0.717) is 40.9 Å². The molecule has 11 nitrogen and oxygen atoms in total. The SMILES string of the molecule is c1ccc(-c2nc(-c3ccccc3)nc(-c3ccc(-n4c5ccc6ccc7cccc8c9cc%10ccccc%10c4c9c5c6c78)cc3)n2)cc1.c1ccc(-c2nc(-c3ccccc3)nc(-c3cccc(-n4c5ccc6ccc7cccc8c9cc%10ccccc%10c4c9c5c6c78)c3)n2)cc1.c1ccc(-c2nc(-n3c4ccc5ccc6cccc7c8cc9ccccc9c3c8c4c5c67)nc3ccccc23)cc1. The molecule has 6 heterocycles. The van der Waals surface area contributed by atoms with Crippen LogP contribution in [-0.4, -0.2) is 53.6 Å². The number of nitrogens with zero attached hydrogens (tertiary/aromatic N) is 11. The first kappa shape index (κ1) is 76.7. The lowest BCUT2D eigenvalue weighted by atomic mass is 9.88. The van der Waals surface area contributed by atoms with Gasteiger partial charge in [0.15, 0.2) is 34.9 Å². The largest absolute Gasteiger partial charge is 0.309 e. The Balaban J connectivity index is 0.0000000987. The Kier molecular flexibility index (Phi) is 16.5. The molecular weight excluding hydrogens is 1690 g/mol. The first-order valence-corrected chi connectivity index (χ1v) is 47.3. The predicted octanol–water partition coefficient (Wildman–Crippen LogP) is 32.8. The molecule has 0 spiro atoms. The summed E-state index contributed by atoms with van der Waals surface area (Å²) in [5.41, 5.74) is 18.0. The molecule has 0 fully saturated rings. The topological polar surface area (TPSA) is 118 Å². The van der Waals surface area contributed by atoms with Crippen LogP contribution in [0, 0.1) is 0 Å². The van der Waals surface area contributed by atoms with Crippen molar-refractivity contribution in [3.8, 4) is 96.9 Å². The molecule has 0 aliphatic carbocycles. The number of hydrogen-bond donors (Lipinski definition) is 0. The van der Waals surface area contributed by atoms with Gasteiger partial charge in [-0.2, -0.15) is 0 Å². The van der Waals surface area contributed by atoms with Gasteiger partial charge in [0.25, 0.3) is 0 Å². The highest BCUT2D eigenvalue weighted by Crippen LogP contribution is 2.54. The van der Waals surface area contributed by atoms with Crippen molar-refractivity contribution in [2.24, 2.45) is 0 Å². The third kappa shape index (κ3) is 11.5. The van der Waals surface area contributed by atoms with Crippen LogP contribution >= 0.6 is 0 Å². The normalized spacial score (nSPS) is 12.2. The fourth-order valence-corrected chi connectivity index (χ4v) is 23.1. The lowest BCUT2D eigenvalue weighted by Crippen LogP contribution is -2.03. The summed E-state index contributed by atoms with van der Waals surface area (Å²) >= 11 is 0. The van der Waals surface area contributed by atoms with Crippen LogP contribution in [0.4, 0.5) is 0 Å². The molecule has 0 amide bonds. The second kappa shape index (κ2) is 29.8. The molecular formula is C128H73N11. The van der Waals surface area contributed by atoms with E-state index >= 15 is 0 Å². The summed E-state index contributed by atoms with van der Waals surface area (Å²) in [4.78, 5) is 40.4. The van der Waals surface area contributed by atoms with Crippen molar-refractivity contribution < 1.29 is 0 Å². The van der Waals surface area contributed by atoms with Gasteiger partial charge in [-0.1, -0.05) is 364 Å². The van der Waals surface area contributed by atoms with E-state index in [2.05, 4.69) is 329 Å². The van der Waals surface area contributed by atoms with Crippen LogP contribution in [0.2, 0.25) is 0 Å². The standard InChI is InChI=1S/2C45H26N4.C38H21N3/c1-3-11-29(12-4-1)43-46-44(30-13-5-2-6-14-30)48-45(47-43)32-17-9-18-33(25-32)49-37-24-23-28-22-21-27-16-10-20-35-36-26-31-15-7-8-19-34(31)42(49)40(36)41(37)39(28)38(27)35;1-3-10-29(11-4-1)43-46-44(30-12-5-2-6-13-30)48-45(47-43)31-20-23-33(24-21-31)49-37-25-22-28-19-18-27-15-9-17-35-36-26-32-14-7-8-16-34(32)42(49)40(36)41(37)39(28)38(27)35;1-2-9-24(10-3-1)36-28-14-6-7-16-30(28)39-38(40-36)41-31-20-19-23-18-17-22-12-8-15-27-29-21-25-11-4-5-13-26(25)37(41)34(29)35(31)33(23)32(22)27/h2*1-26H;1-21H. The molecule has 0 aliphatic rings. The van der Waals surface area contributed by atoms with Crippen LogP contribution in [0.1, 0.15) is 0 Å². The minimum atomic E-state index is 0.643. The van der Waals surface area contributed by atoms with Gasteiger partial charge in [0, 0.05) is 120 Å². The van der Waals surface area contributed by atoms with Crippen LogP contribution in [0.3, 0.4) is 0 Å². The molecule has 640 valence electrons. The van der Waals surface area contributed by atoms with Crippen LogP contribution in [-0.2, 0) is 0 Å². The maximum absolute atomic E-state index is 5.34. The van der Waals surface area contributed by atoms with Crippen molar-refractivity contribution >= 4 is 206 Å². The van der Waals surface area contributed by atoms with E-state index in [-0.39, 0.29) is 0 Å². The lowest BCUT2D eigenvalue weighted by molar-refractivity contribution is 1.02. The van der Waals surface area contributed by atoms with Gasteiger partial charge in [0.1, 0.15) is 0 Å². The Hall–Kier alpha value is -18.8. The molecule has 0 bridgehead atoms. The maximum Gasteiger partial charge on any atom is 0.235 e. The molecule has 26 aromatic carbocycles. The van der Waals surface area contributed by atoms with E-state index < -0.39 is 0 Å². The highest BCUT2D eigenvalue weighted by Gasteiger charge is 2.31. The zero-order valence-corrected chi connectivity index (χ0v) is 74.6. The zero-order chi connectivity index (χ0) is 90.8. The molecule has 32 aromatic rings. The lowest BCUT2D eigenvalue weighted by Gasteiger charge is -2.14. The first-order chi connectivity index (χ1) is 68.9. The Bertz CT molecular complexity index is 10500. The molecule has 0 unspecified atom stereocenters. The highest BCUT2D eigenvalue weighted by atomic mass is 15.2. The monoisotopic (exact) mass is 1760 g/mol. The van der Waals surface area contributed by atoms with Crippen molar-refractivity contribution in [3.05, 3.63) is 443 Å². The summed E-state index contributed by atoms with van der Waals surface area (Å²) < 4.78 is 7.24.